The van der Waals surface area contributed by atoms with Crippen LogP contribution in [0.15, 0.2) is 42.0 Å². The maximum atomic E-state index is 12.7. The van der Waals surface area contributed by atoms with Crippen LogP contribution in [0.3, 0.4) is 0 Å². The molecule has 5 nitrogen and oxygen atoms in total. The zero-order valence-electron chi connectivity index (χ0n) is 11.3. The van der Waals surface area contributed by atoms with Gasteiger partial charge in [0.25, 0.3) is 0 Å². The number of nitrogens with zero attached hydrogens (tertiary/aromatic N) is 3. The van der Waals surface area contributed by atoms with E-state index in [9.17, 15) is 18.0 Å². The van der Waals surface area contributed by atoms with Gasteiger partial charge >= 0.3 is 12.1 Å². The summed E-state index contributed by atoms with van der Waals surface area (Å²) in [7, 11) is 0. The molecule has 0 spiro atoms. The lowest BCUT2D eigenvalue weighted by Crippen LogP contribution is -2.04. The molecule has 0 unspecified atom stereocenters. The highest BCUT2D eigenvalue weighted by Crippen LogP contribution is 2.32. The number of carbonyl (C=O) groups is 1. The van der Waals surface area contributed by atoms with Gasteiger partial charge in [-0.05, 0) is 12.1 Å². The van der Waals surface area contributed by atoms with Crippen molar-refractivity contribution >= 4 is 17.3 Å². The summed E-state index contributed by atoms with van der Waals surface area (Å²) < 4.78 is 39.5. The summed E-state index contributed by atoms with van der Waals surface area (Å²) in [6.07, 6.45) is -1.96. The maximum absolute atomic E-state index is 12.7. The van der Waals surface area contributed by atoms with Crippen molar-refractivity contribution in [1.82, 2.24) is 14.8 Å². The SMILES string of the molecule is O=C(O)c1cnn(-c2nc(-c3cccc(C(F)(F)F)c3)cs2)c1. The van der Waals surface area contributed by atoms with Gasteiger partial charge in [0.1, 0.15) is 0 Å². The molecule has 0 amide bonds. The third kappa shape index (κ3) is 3.09. The molecule has 0 fully saturated rings. The van der Waals surface area contributed by atoms with Crippen molar-refractivity contribution in [3.05, 3.63) is 53.2 Å². The van der Waals surface area contributed by atoms with Crippen LogP contribution < -0.4 is 0 Å². The molecule has 1 N–H and O–H groups in total. The van der Waals surface area contributed by atoms with E-state index in [1.54, 1.807) is 5.38 Å². The summed E-state index contributed by atoms with van der Waals surface area (Å²) in [4.78, 5) is 15.0. The van der Waals surface area contributed by atoms with E-state index in [0.717, 1.165) is 23.5 Å². The summed E-state index contributed by atoms with van der Waals surface area (Å²) in [6.45, 7) is 0. The first kappa shape index (κ1) is 15.2. The average Bonchev–Trinajstić information content (AvgIpc) is 3.15. The lowest BCUT2D eigenvalue weighted by molar-refractivity contribution is -0.137. The fraction of sp³-hybridized carbons (Fsp3) is 0.0714. The third-order valence-electron chi connectivity index (χ3n) is 3.00. The zero-order valence-corrected chi connectivity index (χ0v) is 12.1. The number of carboxylic acids is 1. The zero-order chi connectivity index (χ0) is 16.6. The monoisotopic (exact) mass is 339 g/mol. The maximum Gasteiger partial charge on any atom is 0.416 e. The van der Waals surface area contributed by atoms with Crippen LogP contribution in [0.25, 0.3) is 16.4 Å². The van der Waals surface area contributed by atoms with Gasteiger partial charge in [-0.15, -0.1) is 11.3 Å². The molecule has 0 radical (unpaired) electrons. The second-order valence-corrected chi connectivity index (χ2v) is 5.41. The van der Waals surface area contributed by atoms with E-state index in [1.165, 1.54) is 29.2 Å². The second kappa shape index (κ2) is 5.51. The highest BCUT2D eigenvalue weighted by Gasteiger charge is 2.30. The molecule has 0 aliphatic heterocycles. The van der Waals surface area contributed by atoms with Crippen LogP contribution in [0, 0.1) is 0 Å². The predicted molar refractivity (Wildman–Crippen MR) is 76.6 cm³/mol. The van der Waals surface area contributed by atoms with Crippen LogP contribution in [0.4, 0.5) is 13.2 Å². The van der Waals surface area contributed by atoms with Crippen molar-refractivity contribution in [3.63, 3.8) is 0 Å². The molecule has 1 aromatic carbocycles. The Labute approximate surface area is 131 Å². The lowest BCUT2D eigenvalue weighted by Gasteiger charge is -2.07. The highest BCUT2D eigenvalue weighted by atomic mass is 32.1. The Balaban J connectivity index is 1.94. The number of rotatable bonds is 3. The first-order valence-electron chi connectivity index (χ1n) is 6.26. The smallest absolute Gasteiger partial charge is 0.416 e. The molecule has 0 saturated carbocycles. The Morgan fingerprint density at radius 1 is 1.30 bits per heavy atom. The standard InChI is InChI=1S/C14H8F3N3O2S/c15-14(16,17)10-3-1-2-8(4-10)11-7-23-13(19-11)20-6-9(5-18-20)12(21)22/h1-7H,(H,21,22). The molecule has 2 aromatic heterocycles. The Kier molecular flexibility index (Phi) is 3.64. The normalized spacial score (nSPS) is 11.6. The number of halogens is 3. The second-order valence-electron chi connectivity index (χ2n) is 4.57. The largest absolute Gasteiger partial charge is 0.478 e. The van der Waals surface area contributed by atoms with Gasteiger partial charge in [-0.1, -0.05) is 12.1 Å². The molecule has 118 valence electrons. The van der Waals surface area contributed by atoms with E-state index in [0.29, 0.717) is 16.4 Å². The van der Waals surface area contributed by atoms with E-state index in [2.05, 4.69) is 10.1 Å². The number of aromatic carboxylic acids is 1. The molecule has 9 heteroatoms. The number of thiazole rings is 1. The first-order valence-corrected chi connectivity index (χ1v) is 7.14. The molecule has 0 aliphatic rings. The molecule has 23 heavy (non-hydrogen) atoms. The van der Waals surface area contributed by atoms with E-state index in [-0.39, 0.29) is 5.56 Å². The number of carboxylic acid groups (broad SMARTS) is 1. The van der Waals surface area contributed by atoms with E-state index < -0.39 is 17.7 Å². The third-order valence-corrected chi connectivity index (χ3v) is 3.83. The Hall–Kier alpha value is -2.68. The minimum atomic E-state index is -4.42. The fourth-order valence-electron chi connectivity index (χ4n) is 1.89. The first-order chi connectivity index (χ1) is 10.8. The Morgan fingerprint density at radius 2 is 2.09 bits per heavy atom. The van der Waals surface area contributed by atoms with Gasteiger partial charge in [0.2, 0.25) is 5.13 Å². The van der Waals surface area contributed by atoms with Gasteiger partial charge in [0.15, 0.2) is 0 Å². The Bertz CT molecular complexity index is 870. The van der Waals surface area contributed by atoms with Crippen LogP contribution >= 0.6 is 11.3 Å². The van der Waals surface area contributed by atoms with Crippen molar-refractivity contribution in [2.75, 3.05) is 0 Å². The van der Waals surface area contributed by atoms with Crippen LogP contribution in [0.1, 0.15) is 15.9 Å². The quantitative estimate of drug-likeness (QED) is 0.790. The number of benzene rings is 1. The van der Waals surface area contributed by atoms with Gasteiger partial charge in [0.05, 0.1) is 23.0 Å². The summed E-state index contributed by atoms with van der Waals surface area (Å²) in [6, 6.07) is 4.85. The molecule has 3 rings (SSSR count). The minimum absolute atomic E-state index is 0.000758. The molecule has 2 heterocycles. The molecule has 0 aliphatic carbocycles. The predicted octanol–water partition coefficient (Wildman–Crippen LogP) is 3.71. The lowest BCUT2D eigenvalue weighted by atomic mass is 10.1. The molecular formula is C14H8F3N3O2S. The van der Waals surface area contributed by atoms with Crippen LogP contribution in [0.2, 0.25) is 0 Å². The number of aromatic nitrogens is 3. The van der Waals surface area contributed by atoms with E-state index in [1.807, 2.05) is 0 Å². The van der Waals surface area contributed by atoms with Gasteiger partial charge in [0, 0.05) is 17.1 Å². The number of hydrogen-bond donors (Lipinski definition) is 1. The topological polar surface area (TPSA) is 68.0 Å². The average molecular weight is 339 g/mol. The minimum Gasteiger partial charge on any atom is -0.478 e. The molecule has 3 aromatic rings. The van der Waals surface area contributed by atoms with Crippen molar-refractivity contribution in [2.24, 2.45) is 0 Å². The van der Waals surface area contributed by atoms with E-state index >= 15 is 0 Å². The highest BCUT2D eigenvalue weighted by molar-refractivity contribution is 7.12. The fourth-order valence-corrected chi connectivity index (χ4v) is 2.66. The van der Waals surface area contributed by atoms with Crippen molar-refractivity contribution < 1.29 is 23.1 Å². The van der Waals surface area contributed by atoms with Gasteiger partial charge < -0.3 is 5.11 Å². The van der Waals surface area contributed by atoms with Gasteiger partial charge in [-0.25, -0.2) is 14.5 Å². The summed E-state index contributed by atoms with van der Waals surface area (Å²) in [5.41, 5.74) is -0.0611. The number of hydrogen-bond acceptors (Lipinski definition) is 4. The van der Waals surface area contributed by atoms with Crippen LogP contribution in [-0.4, -0.2) is 25.8 Å². The van der Waals surface area contributed by atoms with Crippen LogP contribution in [0.5, 0.6) is 0 Å². The molecule has 0 bridgehead atoms. The number of alkyl halides is 3. The molecule has 0 atom stereocenters. The molecular weight excluding hydrogens is 331 g/mol. The summed E-state index contributed by atoms with van der Waals surface area (Å²) in [5.74, 6) is -1.12. The van der Waals surface area contributed by atoms with Crippen molar-refractivity contribution in [3.8, 4) is 16.4 Å². The summed E-state index contributed by atoms with van der Waals surface area (Å²) >= 11 is 1.15. The van der Waals surface area contributed by atoms with E-state index in [4.69, 9.17) is 5.11 Å². The van der Waals surface area contributed by atoms with Crippen molar-refractivity contribution in [1.29, 1.82) is 0 Å². The summed E-state index contributed by atoms with van der Waals surface area (Å²) in [5, 5.41) is 14.7. The Morgan fingerprint density at radius 3 is 2.74 bits per heavy atom. The van der Waals surface area contributed by atoms with Gasteiger partial charge in [-0.2, -0.15) is 18.3 Å². The van der Waals surface area contributed by atoms with Crippen molar-refractivity contribution in [2.45, 2.75) is 6.18 Å². The van der Waals surface area contributed by atoms with Gasteiger partial charge in [-0.3, -0.25) is 0 Å². The van der Waals surface area contributed by atoms with Crippen LogP contribution in [-0.2, 0) is 6.18 Å². The molecule has 0 saturated heterocycles.